The molecule has 0 saturated heterocycles. The summed E-state index contributed by atoms with van der Waals surface area (Å²) in [4.78, 5) is 11.2. The molecule has 0 aliphatic carbocycles. The SMILES string of the molecule is COC(=O)c1ccc(NCCCCSC)cc1. The smallest absolute Gasteiger partial charge is 0.337 e. The van der Waals surface area contributed by atoms with Crippen LogP contribution in [-0.4, -0.2) is 31.6 Å². The fourth-order valence-electron chi connectivity index (χ4n) is 1.45. The van der Waals surface area contributed by atoms with Crippen molar-refractivity contribution < 1.29 is 9.53 Å². The standard InChI is InChI=1S/C13H19NO2S/c1-16-13(15)11-5-7-12(8-6-11)14-9-3-4-10-17-2/h5-8,14H,3-4,9-10H2,1-2H3. The quantitative estimate of drug-likeness (QED) is 0.599. The minimum absolute atomic E-state index is 0.295. The summed E-state index contributed by atoms with van der Waals surface area (Å²) in [5, 5.41) is 3.33. The number of esters is 1. The van der Waals surface area contributed by atoms with Crippen LogP contribution in [0.2, 0.25) is 0 Å². The van der Waals surface area contributed by atoms with Gasteiger partial charge in [0.15, 0.2) is 0 Å². The van der Waals surface area contributed by atoms with E-state index in [4.69, 9.17) is 0 Å². The predicted molar refractivity (Wildman–Crippen MR) is 73.9 cm³/mol. The fraction of sp³-hybridized carbons (Fsp3) is 0.462. The third kappa shape index (κ3) is 5.13. The first-order valence-electron chi connectivity index (χ1n) is 5.69. The number of hydrogen-bond acceptors (Lipinski definition) is 4. The van der Waals surface area contributed by atoms with Gasteiger partial charge in [-0.3, -0.25) is 0 Å². The van der Waals surface area contributed by atoms with Crippen molar-refractivity contribution in [3.05, 3.63) is 29.8 Å². The predicted octanol–water partition coefficient (Wildman–Crippen LogP) is 3.03. The molecule has 0 unspecified atom stereocenters. The van der Waals surface area contributed by atoms with E-state index in [0.29, 0.717) is 5.56 Å². The van der Waals surface area contributed by atoms with Crippen molar-refractivity contribution in [3.8, 4) is 0 Å². The lowest BCUT2D eigenvalue weighted by Crippen LogP contribution is -2.04. The Kier molecular flexibility index (Phi) is 6.55. The van der Waals surface area contributed by atoms with Crippen LogP contribution in [-0.2, 0) is 4.74 Å². The monoisotopic (exact) mass is 253 g/mol. The van der Waals surface area contributed by atoms with Gasteiger partial charge in [0.05, 0.1) is 12.7 Å². The number of hydrogen-bond donors (Lipinski definition) is 1. The summed E-state index contributed by atoms with van der Waals surface area (Å²) < 4.78 is 4.64. The molecule has 0 saturated carbocycles. The van der Waals surface area contributed by atoms with Crippen LogP contribution in [0.5, 0.6) is 0 Å². The summed E-state index contributed by atoms with van der Waals surface area (Å²) in [6.45, 7) is 0.970. The molecule has 1 rings (SSSR count). The number of anilines is 1. The summed E-state index contributed by atoms with van der Waals surface area (Å²) in [6, 6.07) is 7.35. The molecule has 0 radical (unpaired) electrons. The third-order valence-corrected chi connectivity index (χ3v) is 3.11. The van der Waals surface area contributed by atoms with Gasteiger partial charge >= 0.3 is 5.97 Å². The number of benzene rings is 1. The molecule has 0 aliphatic rings. The number of rotatable bonds is 7. The second-order valence-electron chi connectivity index (χ2n) is 3.70. The van der Waals surface area contributed by atoms with E-state index in [9.17, 15) is 4.79 Å². The van der Waals surface area contributed by atoms with Gasteiger partial charge in [-0.1, -0.05) is 0 Å². The number of methoxy groups -OCH3 is 1. The molecule has 3 nitrogen and oxygen atoms in total. The van der Waals surface area contributed by atoms with E-state index in [1.807, 2.05) is 23.9 Å². The van der Waals surface area contributed by atoms with Gasteiger partial charge in [-0.15, -0.1) is 0 Å². The molecule has 0 spiro atoms. The topological polar surface area (TPSA) is 38.3 Å². The van der Waals surface area contributed by atoms with Crippen molar-refractivity contribution in [1.82, 2.24) is 0 Å². The number of carbonyl (C=O) groups excluding carboxylic acids is 1. The summed E-state index contributed by atoms with van der Waals surface area (Å²) >= 11 is 1.88. The summed E-state index contributed by atoms with van der Waals surface area (Å²) in [5.74, 6) is 0.916. The van der Waals surface area contributed by atoms with Gasteiger partial charge < -0.3 is 10.1 Å². The van der Waals surface area contributed by atoms with Crippen molar-refractivity contribution in [1.29, 1.82) is 0 Å². The Morgan fingerprint density at radius 1 is 1.29 bits per heavy atom. The van der Waals surface area contributed by atoms with Crippen LogP contribution in [0.4, 0.5) is 5.69 Å². The average Bonchev–Trinajstić information content (AvgIpc) is 2.38. The fourth-order valence-corrected chi connectivity index (χ4v) is 1.94. The van der Waals surface area contributed by atoms with E-state index >= 15 is 0 Å². The van der Waals surface area contributed by atoms with Crippen LogP contribution in [0.3, 0.4) is 0 Å². The number of unbranched alkanes of at least 4 members (excludes halogenated alkanes) is 1. The van der Waals surface area contributed by atoms with Gasteiger partial charge in [-0.05, 0) is 49.1 Å². The second kappa shape index (κ2) is 8.01. The van der Waals surface area contributed by atoms with Gasteiger partial charge in [-0.25, -0.2) is 4.79 Å². The summed E-state index contributed by atoms with van der Waals surface area (Å²) in [7, 11) is 1.39. The van der Waals surface area contributed by atoms with Crippen molar-refractivity contribution in [3.63, 3.8) is 0 Å². The molecule has 1 aromatic rings. The molecule has 1 N–H and O–H groups in total. The van der Waals surface area contributed by atoms with Crippen molar-refractivity contribution in [2.75, 3.05) is 31.0 Å². The molecule has 0 aliphatic heterocycles. The molecule has 0 aromatic heterocycles. The Balaban J connectivity index is 2.33. The van der Waals surface area contributed by atoms with Crippen molar-refractivity contribution in [2.24, 2.45) is 0 Å². The Labute approximate surface area is 107 Å². The first-order chi connectivity index (χ1) is 8.27. The van der Waals surface area contributed by atoms with Crippen LogP contribution >= 0.6 is 11.8 Å². The Bertz CT molecular complexity index is 338. The summed E-state index contributed by atoms with van der Waals surface area (Å²) in [5.41, 5.74) is 1.63. The molecule has 1 aromatic carbocycles. The Morgan fingerprint density at radius 2 is 2.00 bits per heavy atom. The normalized spacial score (nSPS) is 10.0. The van der Waals surface area contributed by atoms with E-state index in [2.05, 4.69) is 16.3 Å². The first-order valence-corrected chi connectivity index (χ1v) is 7.08. The van der Waals surface area contributed by atoms with Gasteiger partial charge in [0.2, 0.25) is 0 Å². The lowest BCUT2D eigenvalue weighted by molar-refractivity contribution is 0.0601. The first kappa shape index (κ1) is 13.9. The highest BCUT2D eigenvalue weighted by Crippen LogP contribution is 2.10. The maximum atomic E-state index is 11.2. The zero-order valence-corrected chi connectivity index (χ0v) is 11.2. The highest BCUT2D eigenvalue weighted by atomic mass is 32.2. The molecular formula is C13H19NO2S. The van der Waals surface area contributed by atoms with Gasteiger partial charge in [0.1, 0.15) is 0 Å². The molecule has 0 amide bonds. The van der Waals surface area contributed by atoms with Crippen molar-refractivity contribution in [2.45, 2.75) is 12.8 Å². The van der Waals surface area contributed by atoms with Gasteiger partial charge in [0.25, 0.3) is 0 Å². The van der Waals surface area contributed by atoms with Crippen LogP contribution in [0.15, 0.2) is 24.3 Å². The molecule has 0 atom stereocenters. The van der Waals surface area contributed by atoms with Crippen LogP contribution in [0.1, 0.15) is 23.2 Å². The van der Waals surface area contributed by atoms with E-state index in [1.165, 1.54) is 25.7 Å². The van der Waals surface area contributed by atoms with Crippen LogP contribution in [0.25, 0.3) is 0 Å². The van der Waals surface area contributed by atoms with E-state index < -0.39 is 0 Å². The maximum absolute atomic E-state index is 11.2. The van der Waals surface area contributed by atoms with Gasteiger partial charge in [0, 0.05) is 12.2 Å². The third-order valence-electron chi connectivity index (χ3n) is 2.41. The molecule has 0 bridgehead atoms. The zero-order valence-electron chi connectivity index (χ0n) is 10.4. The largest absolute Gasteiger partial charge is 0.465 e. The molecular weight excluding hydrogens is 234 g/mol. The lowest BCUT2D eigenvalue weighted by Gasteiger charge is -2.06. The van der Waals surface area contributed by atoms with Crippen LogP contribution < -0.4 is 5.32 Å². The number of thioether (sulfide) groups is 1. The molecule has 94 valence electrons. The van der Waals surface area contributed by atoms with Crippen molar-refractivity contribution >= 4 is 23.4 Å². The van der Waals surface area contributed by atoms with E-state index in [1.54, 1.807) is 12.1 Å². The zero-order chi connectivity index (χ0) is 12.5. The highest BCUT2D eigenvalue weighted by molar-refractivity contribution is 7.98. The highest BCUT2D eigenvalue weighted by Gasteiger charge is 2.03. The minimum atomic E-state index is -0.295. The Hall–Kier alpha value is -1.16. The number of nitrogens with one attached hydrogen (secondary N) is 1. The number of carbonyl (C=O) groups is 1. The summed E-state index contributed by atoms with van der Waals surface area (Å²) in [6.07, 6.45) is 4.52. The van der Waals surface area contributed by atoms with Crippen LogP contribution in [0, 0.1) is 0 Å². The van der Waals surface area contributed by atoms with Gasteiger partial charge in [-0.2, -0.15) is 11.8 Å². The minimum Gasteiger partial charge on any atom is -0.465 e. The molecule has 17 heavy (non-hydrogen) atoms. The molecule has 0 heterocycles. The second-order valence-corrected chi connectivity index (χ2v) is 4.68. The lowest BCUT2D eigenvalue weighted by atomic mass is 10.2. The van der Waals surface area contributed by atoms with E-state index in [-0.39, 0.29) is 5.97 Å². The molecule has 0 fully saturated rings. The molecule has 4 heteroatoms. The Morgan fingerprint density at radius 3 is 2.59 bits per heavy atom. The average molecular weight is 253 g/mol. The number of ether oxygens (including phenoxy) is 1. The van der Waals surface area contributed by atoms with E-state index in [0.717, 1.165) is 12.2 Å². The maximum Gasteiger partial charge on any atom is 0.337 e.